The Kier molecular flexibility index (Phi) is 9.19. The molecule has 0 aliphatic rings. The van der Waals surface area contributed by atoms with Gasteiger partial charge in [-0.3, -0.25) is 28.7 Å². The van der Waals surface area contributed by atoms with Crippen LogP contribution in [0.15, 0.2) is 192 Å². The standard InChI is InChI=1S/2C24H17N3O/c28-24-21-5-1-2-6-23(21)26-16-27(24)15-17-7-9-18(10-8-17)19-11-12-22-20(14-19)4-3-13-25-22;28-24-22-3-1-2-4-23(22)26-16-27(24)15-17-5-7-18(8-6-17)19-9-10-21-14-25-12-11-20(21)13-19/h2*1-14,16H,15H2. The predicted molar refractivity (Wildman–Crippen MR) is 225 cm³/mol. The van der Waals surface area contributed by atoms with Gasteiger partial charge in [-0.15, -0.1) is 0 Å². The van der Waals surface area contributed by atoms with Crippen molar-refractivity contribution in [2.24, 2.45) is 0 Å². The van der Waals surface area contributed by atoms with E-state index in [1.807, 2.05) is 79.1 Å². The maximum Gasteiger partial charge on any atom is 0.261 e. The number of para-hydroxylation sites is 2. The summed E-state index contributed by atoms with van der Waals surface area (Å²) < 4.78 is 3.30. The number of hydrogen-bond acceptors (Lipinski definition) is 6. The van der Waals surface area contributed by atoms with Crippen LogP contribution in [0, 0.1) is 0 Å². The monoisotopic (exact) mass is 726 g/mol. The molecule has 0 N–H and O–H groups in total. The van der Waals surface area contributed by atoms with Gasteiger partial charge in [0.15, 0.2) is 0 Å². The van der Waals surface area contributed by atoms with Crippen LogP contribution >= 0.6 is 0 Å². The maximum absolute atomic E-state index is 12.7. The van der Waals surface area contributed by atoms with Gasteiger partial charge in [0.05, 0.1) is 53.1 Å². The summed E-state index contributed by atoms with van der Waals surface area (Å²) in [6.07, 6.45) is 8.73. The fraction of sp³-hybridized carbons (Fsp3) is 0.0417. The second-order valence-corrected chi connectivity index (χ2v) is 13.6. The minimum absolute atomic E-state index is 0.0159. The Morgan fingerprint density at radius 3 is 1.55 bits per heavy atom. The van der Waals surface area contributed by atoms with Gasteiger partial charge in [0.1, 0.15) is 0 Å². The van der Waals surface area contributed by atoms with E-state index in [-0.39, 0.29) is 11.1 Å². The molecule has 4 aromatic heterocycles. The van der Waals surface area contributed by atoms with Crippen molar-refractivity contribution in [2.45, 2.75) is 13.1 Å². The molecule has 8 nitrogen and oxygen atoms in total. The molecule has 0 aliphatic carbocycles. The summed E-state index contributed by atoms with van der Waals surface area (Å²) in [6, 6.07) is 50.2. The Morgan fingerprint density at radius 2 is 0.946 bits per heavy atom. The summed E-state index contributed by atoms with van der Waals surface area (Å²) in [5.74, 6) is 0. The molecule has 0 unspecified atom stereocenters. The molecule has 0 saturated carbocycles. The van der Waals surface area contributed by atoms with Crippen molar-refractivity contribution in [1.29, 1.82) is 0 Å². The normalized spacial score (nSPS) is 11.1. The molecule has 268 valence electrons. The molecular weight excluding hydrogens is 693 g/mol. The van der Waals surface area contributed by atoms with Crippen molar-refractivity contribution >= 4 is 43.5 Å². The van der Waals surface area contributed by atoms with Crippen molar-refractivity contribution in [3.05, 3.63) is 215 Å². The number of benzene rings is 6. The first-order valence-electron chi connectivity index (χ1n) is 18.3. The van der Waals surface area contributed by atoms with Crippen LogP contribution in [0.5, 0.6) is 0 Å². The zero-order valence-electron chi connectivity index (χ0n) is 30.2. The third kappa shape index (κ3) is 7.07. The zero-order valence-corrected chi connectivity index (χ0v) is 30.2. The Hall–Kier alpha value is -7.58. The van der Waals surface area contributed by atoms with E-state index < -0.39 is 0 Å². The number of nitrogens with zero attached hydrogens (tertiary/aromatic N) is 6. The molecule has 0 atom stereocenters. The average Bonchev–Trinajstić information content (AvgIpc) is 3.26. The lowest BCUT2D eigenvalue weighted by Crippen LogP contribution is -2.21. The lowest BCUT2D eigenvalue weighted by atomic mass is 10.0. The minimum Gasteiger partial charge on any atom is -0.294 e. The van der Waals surface area contributed by atoms with E-state index in [9.17, 15) is 9.59 Å². The summed E-state index contributed by atoms with van der Waals surface area (Å²) in [7, 11) is 0. The van der Waals surface area contributed by atoms with Gasteiger partial charge in [-0.05, 0) is 93.4 Å². The van der Waals surface area contributed by atoms with Crippen molar-refractivity contribution in [3.8, 4) is 22.3 Å². The van der Waals surface area contributed by atoms with E-state index >= 15 is 0 Å². The molecule has 4 heterocycles. The first-order chi connectivity index (χ1) is 27.6. The van der Waals surface area contributed by atoms with Gasteiger partial charge in [0.25, 0.3) is 11.1 Å². The summed E-state index contributed by atoms with van der Waals surface area (Å²) in [4.78, 5) is 42.6. The first kappa shape index (κ1) is 34.2. The van der Waals surface area contributed by atoms with E-state index in [2.05, 4.69) is 105 Å². The fourth-order valence-corrected chi connectivity index (χ4v) is 6.95. The highest BCUT2D eigenvalue weighted by molar-refractivity contribution is 5.87. The number of pyridine rings is 2. The molecule has 10 rings (SSSR count). The Labute approximate surface area is 321 Å². The van der Waals surface area contributed by atoms with Gasteiger partial charge >= 0.3 is 0 Å². The van der Waals surface area contributed by atoms with E-state index in [0.29, 0.717) is 23.9 Å². The maximum atomic E-state index is 12.7. The largest absolute Gasteiger partial charge is 0.294 e. The molecule has 0 bridgehead atoms. The molecule has 56 heavy (non-hydrogen) atoms. The molecule has 0 aliphatic heterocycles. The molecule has 6 aromatic carbocycles. The summed E-state index contributed by atoms with van der Waals surface area (Å²) in [5, 5.41) is 4.72. The summed E-state index contributed by atoms with van der Waals surface area (Å²) in [6.45, 7) is 0.999. The van der Waals surface area contributed by atoms with Crippen LogP contribution in [0.25, 0.3) is 65.7 Å². The summed E-state index contributed by atoms with van der Waals surface area (Å²) >= 11 is 0. The second-order valence-electron chi connectivity index (χ2n) is 13.6. The third-order valence-corrected chi connectivity index (χ3v) is 9.99. The van der Waals surface area contributed by atoms with Crippen molar-refractivity contribution in [3.63, 3.8) is 0 Å². The quantitative estimate of drug-likeness (QED) is 0.170. The molecule has 0 radical (unpaired) electrons. The third-order valence-electron chi connectivity index (χ3n) is 9.99. The van der Waals surface area contributed by atoms with Crippen molar-refractivity contribution < 1.29 is 0 Å². The molecule has 0 fully saturated rings. The molecule has 0 saturated heterocycles. The second kappa shape index (κ2) is 15.0. The fourth-order valence-electron chi connectivity index (χ4n) is 6.95. The van der Waals surface area contributed by atoms with Crippen LogP contribution in [-0.2, 0) is 13.1 Å². The molecular formula is C48H34N6O2. The zero-order chi connectivity index (χ0) is 37.8. The SMILES string of the molecule is O=c1c2ccccc2ncn1Cc1ccc(-c2ccc3cnccc3c2)cc1.O=c1c2ccccc2ncn1Cc1ccc(-c2ccc3ncccc3c2)cc1. The highest BCUT2D eigenvalue weighted by atomic mass is 16.1. The molecule has 8 heteroatoms. The van der Waals surface area contributed by atoms with Gasteiger partial charge in [-0.1, -0.05) is 97.1 Å². The lowest BCUT2D eigenvalue weighted by molar-refractivity contribution is 0.748. The molecule has 0 amide bonds. The minimum atomic E-state index is -0.0169. The highest BCUT2D eigenvalue weighted by Gasteiger charge is 2.07. The van der Waals surface area contributed by atoms with E-state index in [0.717, 1.165) is 60.7 Å². The Balaban J connectivity index is 0.000000146. The van der Waals surface area contributed by atoms with E-state index in [1.165, 1.54) is 5.39 Å². The smallest absolute Gasteiger partial charge is 0.261 e. The van der Waals surface area contributed by atoms with E-state index in [4.69, 9.17) is 0 Å². The van der Waals surface area contributed by atoms with Gasteiger partial charge in [0, 0.05) is 29.4 Å². The topological polar surface area (TPSA) is 95.6 Å². The van der Waals surface area contributed by atoms with Crippen LogP contribution in [0.2, 0.25) is 0 Å². The van der Waals surface area contributed by atoms with Gasteiger partial charge in [0.2, 0.25) is 0 Å². The number of hydrogen-bond donors (Lipinski definition) is 0. The van der Waals surface area contributed by atoms with Gasteiger partial charge in [-0.2, -0.15) is 0 Å². The Bertz CT molecular complexity index is 2920. The summed E-state index contributed by atoms with van der Waals surface area (Å²) in [5.41, 5.74) is 9.13. The van der Waals surface area contributed by atoms with Crippen LogP contribution in [0.4, 0.5) is 0 Å². The van der Waals surface area contributed by atoms with E-state index in [1.54, 1.807) is 28.0 Å². The van der Waals surface area contributed by atoms with Crippen molar-refractivity contribution in [1.82, 2.24) is 29.1 Å². The number of aromatic nitrogens is 6. The van der Waals surface area contributed by atoms with Crippen LogP contribution in [0.1, 0.15) is 11.1 Å². The lowest BCUT2D eigenvalue weighted by Gasteiger charge is -2.08. The van der Waals surface area contributed by atoms with Crippen molar-refractivity contribution in [2.75, 3.05) is 0 Å². The van der Waals surface area contributed by atoms with Crippen LogP contribution < -0.4 is 11.1 Å². The van der Waals surface area contributed by atoms with Gasteiger partial charge < -0.3 is 0 Å². The number of rotatable bonds is 6. The highest BCUT2D eigenvalue weighted by Crippen LogP contribution is 2.26. The molecule has 10 aromatic rings. The predicted octanol–water partition coefficient (Wildman–Crippen LogP) is 9.32. The Morgan fingerprint density at radius 1 is 0.411 bits per heavy atom. The average molecular weight is 727 g/mol. The van der Waals surface area contributed by atoms with Crippen LogP contribution in [-0.4, -0.2) is 29.1 Å². The first-order valence-corrected chi connectivity index (χ1v) is 18.3. The van der Waals surface area contributed by atoms with Gasteiger partial charge in [-0.25, -0.2) is 9.97 Å². The molecule has 0 spiro atoms. The van der Waals surface area contributed by atoms with Crippen LogP contribution in [0.3, 0.4) is 0 Å². The number of fused-ring (bicyclic) bond motifs is 4.